The Labute approximate surface area is 67.7 Å². The Bertz CT molecular complexity index is 377. The van der Waals surface area contributed by atoms with Crippen molar-refractivity contribution in [3.05, 3.63) is 29.8 Å². The van der Waals surface area contributed by atoms with Crippen LogP contribution in [-0.4, -0.2) is 15.3 Å². The number of rotatable bonds is 0. The maximum absolute atomic E-state index is 10.5. The van der Waals surface area contributed by atoms with E-state index in [1.54, 1.807) is 6.21 Å². The molecule has 0 radical (unpaired) electrons. The monoisotopic (exact) mass is 163 g/mol. The Kier molecular flexibility index (Phi) is 1.43. The van der Waals surface area contributed by atoms with Crippen molar-refractivity contribution in [1.82, 2.24) is 0 Å². The van der Waals surface area contributed by atoms with Crippen molar-refractivity contribution in [3.8, 4) is 0 Å². The molecule has 11 heavy (non-hydrogen) atoms. The largest absolute Gasteiger partial charge is 0.255 e. The number of hydrogen-bond donors (Lipinski definition) is 0. The molecule has 0 fully saturated rings. The van der Waals surface area contributed by atoms with Gasteiger partial charge in [0, 0.05) is 11.8 Å². The molecule has 0 saturated heterocycles. The molecule has 3 heteroatoms. The first-order valence-corrected chi connectivity index (χ1v) is 3.96. The van der Waals surface area contributed by atoms with Crippen LogP contribution in [0.4, 0.5) is 5.69 Å². The second kappa shape index (κ2) is 2.43. The Morgan fingerprint density at radius 1 is 1.27 bits per heavy atom. The van der Waals surface area contributed by atoms with Crippen molar-refractivity contribution in [2.45, 2.75) is 0 Å². The van der Waals surface area contributed by atoms with Crippen LogP contribution in [-0.2, 0) is 11.3 Å². The average Bonchev–Trinajstić information content (AvgIpc) is 2.47. The fourth-order valence-electron chi connectivity index (χ4n) is 1.06. The first kappa shape index (κ1) is 6.49. The van der Waals surface area contributed by atoms with Crippen molar-refractivity contribution >= 4 is 28.0 Å². The van der Waals surface area contributed by atoms with E-state index in [4.69, 9.17) is 0 Å². The van der Waals surface area contributed by atoms with Crippen LogP contribution in [0, 0.1) is 0 Å². The minimum absolute atomic E-state index is 0.492. The molecule has 2 rings (SSSR count). The van der Waals surface area contributed by atoms with E-state index in [1.807, 2.05) is 24.3 Å². The molecule has 0 aromatic heterocycles. The third kappa shape index (κ3) is 0.935. The number of benzene rings is 1. The van der Waals surface area contributed by atoms with Crippen LogP contribution in [0.2, 0.25) is 0 Å². The van der Waals surface area contributed by atoms with Gasteiger partial charge in [0.25, 0.3) is 0 Å². The summed E-state index contributed by atoms with van der Waals surface area (Å²) in [5.41, 5.74) is 1.85. The smallest absolute Gasteiger partial charge is 0.0988 e. The van der Waals surface area contributed by atoms with Gasteiger partial charge in [-0.05, 0) is 6.07 Å². The molecule has 2 nitrogen and oxygen atoms in total. The normalized spacial score (nSPS) is 13.3. The Balaban J connectivity index is 2.72. The van der Waals surface area contributed by atoms with Gasteiger partial charge in [-0.15, -0.1) is 0 Å². The summed E-state index contributed by atoms with van der Waals surface area (Å²) in [5.74, 6) is 0. The number of para-hydroxylation sites is 1. The Hall–Kier alpha value is -1.22. The Morgan fingerprint density at radius 3 is 2.91 bits per heavy atom. The van der Waals surface area contributed by atoms with Gasteiger partial charge in [-0.25, -0.2) is 4.21 Å². The molecule has 0 amide bonds. The lowest BCUT2D eigenvalue weighted by atomic mass is 10.2. The molecule has 1 heterocycles. The summed E-state index contributed by atoms with van der Waals surface area (Å²) in [7, 11) is 0. The molecular weight excluding hydrogens is 158 g/mol. The second-order valence-electron chi connectivity index (χ2n) is 2.22. The van der Waals surface area contributed by atoms with E-state index in [0.717, 1.165) is 11.3 Å². The molecule has 0 atom stereocenters. The zero-order chi connectivity index (χ0) is 7.68. The van der Waals surface area contributed by atoms with Crippen LogP contribution in [0.15, 0.2) is 29.3 Å². The first-order valence-electron chi connectivity index (χ1n) is 3.22. The van der Waals surface area contributed by atoms with E-state index in [9.17, 15) is 4.21 Å². The van der Waals surface area contributed by atoms with E-state index < -0.39 is 0 Å². The first-order chi connectivity index (χ1) is 5.42. The predicted octanol–water partition coefficient (Wildman–Crippen LogP) is 1.14. The molecular formula is C8H5NOS. The fraction of sp³-hybridized carbons (Fsp3) is 0. The van der Waals surface area contributed by atoms with Crippen molar-refractivity contribution < 1.29 is 4.21 Å². The molecule has 54 valence electrons. The summed E-state index contributed by atoms with van der Waals surface area (Å²) in [4.78, 5) is 4.78. The van der Waals surface area contributed by atoms with Gasteiger partial charge in [0.2, 0.25) is 0 Å². The van der Waals surface area contributed by atoms with Crippen LogP contribution in [0.1, 0.15) is 5.56 Å². The average molecular weight is 163 g/mol. The van der Waals surface area contributed by atoms with Gasteiger partial charge in [-0.3, -0.25) is 4.99 Å². The van der Waals surface area contributed by atoms with Gasteiger partial charge in [-0.2, -0.15) is 0 Å². The standard InChI is InChI=1S/C8H5NOS/c10-11-8-5-9-7-4-2-1-3-6(7)8/h1-5H. The molecule has 1 aliphatic heterocycles. The second-order valence-corrected chi connectivity index (χ2v) is 2.83. The highest BCUT2D eigenvalue weighted by Crippen LogP contribution is 2.22. The van der Waals surface area contributed by atoms with Crippen LogP contribution in [0.5, 0.6) is 0 Å². The third-order valence-electron chi connectivity index (χ3n) is 1.58. The number of aliphatic imine (C=N–C) groups is 1. The van der Waals surface area contributed by atoms with Crippen LogP contribution < -0.4 is 0 Å². The number of nitrogens with zero attached hydrogens (tertiary/aromatic N) is 1. The van der Waals surface area contributed by atoms with E-state index in [0.29, 0.717) is 16.1 Å². The lowest BCUT2D eigenvalue weighted by Crippen LogP contribution is -1.94. The van der Waals surface area contributed by atoms with E-state index in [-0.39, 0.29) is 0 Å². The summed E-state index contributed by atoms with van der Waals surface area (Å²) in [5, 5.41) is 0. The number of fused-ring (bicyclic) bond motifs is 1. The number of hydrogen-bond acceptors (Lipinski definition) is 2. The highest BCUT2D eigenvalue weighted by molar-refractivity contribution is 7.69. The van der Waals surface area contributed by atoms with Gasteiger partial charge < -0.3 is 0 Å². The third-order valence-corrected chi connectivity index (χ3v) is 2.09. The maximum Gasteiger partial charge on any atom is 0.0988 e. The Morgan fingerprint density at radius 2 is 2.09 bits per heavy atom. The minimum Gasteiger partial charge on any atom is -0.255 e. The zero-order valence-electron chi connectivity index (χ0n) is 5.65. The predicted molar refractivity (Wildman–Crippen MR) is 46.8 cm³/mol. The molecule has 0 N–H and O–H groups in total. The van der Waals surface area contributed by atoms with Crippen LogP contribution in [0.25, 0.3) is 0 Å². The molecule has 0 unspecified atom stereocenters. The summed E-state index contributed by atoms with van der Waals surface area (Å²) >= 11 is 0.492. The van der Waals surface area contributed by atoms with E-state index in [2.05, 4.69) is 4.99 Å². The lowest BCUT2D eigenvalue weighted by Gasteiger charge is -1.92. The van der Waals surface area contributed by atoms with Crippen molar-refractivity contribution in [2.75, 3.05) is 0 Å². The molecule has 0 saturated carbocycles. The summed E-state index contributed by atoms with van der Waals surface area (Å²) in [6, 6.07) is 7.62. The van der Waals surface area contributed by atoms with E-state index in [1.165, 1.54) is 0 Å². The van der Waals surface area contributed by atoms with Gasteiger partial charge >= 0.3 is 0 Å². The summed E-state index contributed by atoms with van der Waals surface area (Å²) in [6.45, 7) is 0. The summed E-state index contributed by atoms with van der Waals surface area (Å²) in [6.07, 6.45) is 1.61. The molecule has 0 spiro atoms. The highest BCUT2D eigenvalue weighted by Gasteiger charge is 2.10. The molecule has 1 aliphatic rings. The van der Waals surface area contributed by atoms with Crippen LogP contribution in [0.3, 0.4) is 0 Å². The highest BCUT2D eigenvalue weighted by atomic mass is 32.1. The molecule has 0 aliphatic carbocycles. The molecule has 1 aromatic rings. The topological polar surface area (TPSA) is 29.4 Å². The van der Waals surface area contributed by atoms with Crippen LogP contribution >= 0.6 is 0 Å². The maximum atomic E-state index is 10.5. The zero-order valence-corrected chi connectivity index (χ0v) is 6.47. The lowest BCUT2D eigenvalue weighted by molar-refractivity contribution is 0.701. The quantitative estimate of drug-likeness (QED) is 0.527. The minimum atomic E-state index is 0.492. The fourth-order valence-corrected chi connectivity index (χ4v) is 1.42. The summed E-state index contributed by atoms with van der Waals surface area (Å²) < 4.78 is 10.5. The van der Waals surface area contributed by atoms with Crippen molar-refractivity contribution in [1.29, 1.82) is 0 Å². The molecule has 1 aromatic carbocycles. The van der Waals surface area contributed by atoms with Crippen molar-refractivity contribution in [3.63, 3.8) is 0 Å². The van der Waals surface area contributed by atoms with E-state index >= 15 is 0 Å². The van der Waals surface area contributed by atoms with Crippen molar-refractivity contribution in [2.24, 2.45) is 4.99 Å². The van der Waals surface area contributed by atoms with Gasteiger partial charge in [0.05, 0.1) is 21.8 Å². The SMILES string of the molecule is O=S=C1C=Nc2ccccc21. The van der Waals surface area contributed by atoms with Gasteiger partial charge in [-0.1, -0.05) is 18.2 Å². The molecule has 0 bridgehead atoms. The van der Waals surface area contributed by atoms with Gasteiger partial charge in [0.1, 0.15) is 0 Å². The van der Waals surface area contributed by atoms with Gasteiger partial charge in [0.15, 0.2) is 0 Å².